The molecule has 0 aliphatic carbocycles. The lowest BCUT2D eigenvalue weighted by Crippen LogP contribution is -1.95. The average Bonchev–Trinajstić information content (AvgIpc) is 2.63. The summed E-state index contributed by atoms with van der Waals surface area (Å²) in [5.74, 6) is 0.313. The predicted molar refractivity (Wildman–Crippen MR) is 57.2 cm³/mol. The Morgan fingerprint density at radius 3 is 2.86 bits per heavy atom. The number of phenolic OH excluding ortho intramolecular Hbond substituents is 1. The highest BCUT2D eigenvalue weighted by Gasteiger charge is 2.07. The minimum atomic E-state index is 0.313. The van der Waals surface area contributed by atoms with Crippen LogP contribution in [0.4, 0.5) is 0 Å². The third kappa shape index (κ3) is 1.26. The zero-order valence-corrected chi connectivity index (χ0v) is 8.17. The molecule has 4 N–H and O–H groups in total. The fourth-order valence-electron chi connectivity index (χ4n) is 1.72. The van der Waals surface area contributed by atoms with Gasteiger partial charge in [-0.15, -0.1) is 0 Å². The molecule has 0 saturated carbocycles. The molecule has 0 fully saturated rings. The van der Waals surface area contributed by atoms with E-state index in [1.165, 1.54) is 5.56 Å². The molecule has 1 aromatic heterocycles. The standard InChI is InChI=1S/C11H14N2O/c1-2-7-3-4-10(14)9-5-8(6-12)13-11(7)9/h3-5,13-14H,2,6,12H2,1H3. The number of benzene rings is 1. The molecule has 0 aliphatic rings. The lowest BCUT2D eigenvalue weighted by molar-refractivity contribution is 0.481. The van der Waals surface area contributed by atoms with Crippen LogP contribution in [0.25, 0.3) is 10.9 Å². The third-order valence-corrected chi connectivity index (χ3v) is 2.51. The Hall–Kier alpha value is -1.48. The fourth-order valence-corrected chi connectivity index (χ4v) is 1.72. The van der Waals surface area contributed by atoms with Crippen LogP contribution in [-0.4, -0.2) is 10.1 Å². The predicted octanol–water partition coefficient (Wildman–Crippen LogP) is 1.89. The van der Waals surface area contributed by atoms with Crippen LogP contribution in [-0.2, 0) is 13.0 Å². The zero-order valence-electron chi connectivity index (χ0n) is 8.17. The summed E-state index contributed by atoms with van der Waals surface area (Å²) in [5.41, 5.74) is 8.71. The second-order valence-corrected chi connectivity index (χ2v) is 3.38. The molecule has 3 heteroatoms. The number of H-pyrrole nitrogens is 1. The first-order chi connectivity index (χ1) is 6.76. The SMILES string of the molecule is CCc1ccc(O)c2cc(CN)[nH]c12. The molecule has 2 aromatic rings. The molecule has 0 bridgehead atoms. The van der Waals surface area contributed by atoms with Crippen molar-refractivity contribution in [1.29, 1.82) is 0 Å². The Morgan fingerprint density at radius 2 is 2.21 bits per heavy atom. The Balaban J connectivity index is 2.74. The first-order valence-corrected chi connectivity index (χ1v) is 4.78. The van der Waals surface area contributed by atoms with Crippen LogP contribution in [0, 0.1) is 0 Å². The topological polar surface area (TPSA) is 62.0 Å². The molecular weight excluding hydrogens is 176 g/mol. The summed E-state index contributed by atoms with van der Waals surface area (Å²) in [4.78, 5) is 3.22. The number of nitrogens with two attached hydrogens (primary N) is 1. The van der Waals surface area contributed by atoms with Crippen molar-refractivity contribution in [3.8, 4) is 5.75 Å². The van der Waals surface area contributed by atoms with Gasteiger partial charge in [0.25, 0.3) is 0 Å². The van der Waals surface area contributed by atoms with E-state index in [9.17, 15) is 5.11 Å². The maximum atomic E-state index is 9.64. The molecule has 0 radical (unpaired) electrons. The monoisotopic (exact) mass is 190 g/mol. The van der Waals surface area contributed by atoms with E-state index in [2.05, 4.69) is 11.9 Å². The van der Waals surface area contributed by atoms with Gasteiger partial charge in [0.2, 0.25) is 0 Å². The first-order valence-electron chi connectivity index (χ1n) is 4.78. The highest BCUT2D eigenvalue weighted by atomic mass is 16.3. The van der Waals surface area contributed by atoms with E-state index >= 15 is 0 Å². The number of fused-ring (bicyclic) bond motifs is 1. The third-order valence-electron chi connectivity index (χ3n) is 2.51. The summed E-state index contributed by atoms with van der Waals surface area (Å²) in [7, 11) is 0. The molecular formula is C11H14N2O. The number of aromatic nitrogens is 1. The summed E-state index contributed by atoms with van der Waals surface area (Å²) in [5, 5.41) is 10.5. The number of hydrogen-bond donors (Lipinski definition) is 3. The lowest BCUT2D eigenvalue weighted by atomic mass is 10.1. The largest absolute Gasteiger partial charge is 0.507 e. The van der Waals surface area contributed by atoms with E-state index in [4.69, 9.17) is 5.73 Å². The van der Waals surface area contributed by atoms with Gasteiger partial charge in [0, 0.05) is 17.6 Å². The molecule has 0 unspecified atom stereocenters. The average molecular weight is 190 g/mol. The van der Waals surface area contributed by atoms with Gasteiger partial charge < -0.3 is 15.8 Å². The highest BCUT2D eigenvalue weighted by molar-refractivity contribution is 5.89. The fraction of sp³-hybridized carbons (Fsp3) is 0.273. The van der Waals surface area contributed by atoms with E-state index in [0.29, 0.717) is 12.3 Å². The zero-order chi connectivity index (χ0) is 10.1. The van der Waals surface area contributed by atoms with Crippen LogP contribution >= 0.6 is 0 Å². The Morgan fingerprint density at radius 1 is 1.43 bits per heavy atom. The van der Waals surface area contributed by atoms with E-state index in [1.54, 1.807) is 6.07 Å². The van der Waals surface area contributed by atoms with Crippen LogP contribution in [0.1, 0.15) is 18.2 Å². The molecule has 14 heavy (non-hydrogen) atoms. The van der Waals surface area contributed by atoms with Crippen molar-refractivity contribution in [2.75, 3.05) is 0 Å². The number of aryl methyl sites for hydroxylation is 1. The van der Waals surface area contributed by atoms with E-state index in [0.717, 1.165) is 23.0 Å². The van der Waals surface area contributed by atoms with Crippen LogP contribution in [0.15, 0.2) is 18.2 Å². The van der Waals surface area contributed by atoms with Crippen LogP contribution < -0.4 is 5.73 Å². The van der Waals surface area contributed by atoms with Crippen molar-refractivity contribution < 1.29 is 5.11 Å². The molecule has 74 valence electrons. The second-order valence-electron chi connectivity index (χ2n) is 3.38. The number of aromatic hydroxyl groups is 1. The van der Waals surface area contributed by atoms with Gasteiger partial charge in [-0.2, -0.15) is 0 Å². The van der Waals surface area contributed by atoms with Gasteiger partial charge >= 0.3 is 0 Å². The smallest absolute Gasteiger partial charge is 0.124 e. The number of phenols is 1. The molecule has 0 saturated heterocycles. The first kappa shape index (κ1) is 9.09. The minimum Gasteiger partial charge on any atom is -0.507 e. The van der Waals surface area contributed by atoms with Crippen LogP contribution in [0.3, 0.4) is 0 Å². The quantitative estimate of drug-likeness (QED) is 0.677. The van der Waals surface area contributed by atoms with Crippen molar-refractivity contribution >= 4 is 10.9 Å². The summed E-state index contributed by atoms with van der Waals surface area (Å²) in [6.45, 7) is 2.56. The summed E-state index contributed by atoms with van der Waals surface area (Å²) >= 11 is 0. The minimum absolute atomic E-state index is 0.313. The van der Waals surface area contributed by atoms with E-state index in [-0.39, 0.29) is 0 Å². The highest BCUT2D eigenvalue weighted by Crippen LogP contribution is 2.28. The number of rotatable bonds is 2. The summed E-state index contributed by atoms with van der Waals surface area (Å²) < 4.78 is 0. The molecule has 0 amide bonds. The lowest BCUT2D eigenvalue weighted by Gasteiger charge is -2.00. The van der Waals surface area contributed by atoms with Gasteiger partial charge in [0.1, 0.15) is 5.75 Å². The molecule has 0 aliphatic heterocycles. The van der Waals surface area contributed by atoms with Crippen LogP contribution in [0.2, 0.25) is 0 Å². The van der Waals surface area contributed by atoms with Gasteiger partial charge in [-0.05, 0) is 24.1 Å². The normalized spacial score (nSPS) is 11.0. The van der Waals surface area contributed by atoms with Crippen molar-refractivity contribution in [3.05, 3.63) is 29.5 Å². The van der Waals surface area contributed by atoms with Crippen molar-refractivity contribution in [2.45, 2.75) is 19.9 Å². The molecule has 2 rings (SSSR count). The number of hydrogen-bond acceptors (Lipinski definition) is 2. The summed E-state index contributed by atoms with van der Waals surface area (Å²) in [6.07, 6.45) is 0.946. The second kappa shape index (κ2) is 3.35. The van der Waals surface area contributed by atoms with Gasteiger partial charge in [-0.3, -0.25) is 0 Å². The van der Waals surface area contributed by atoms with Crippen molar-refractivity contribution in [1.82, 2.24) is 4.98 Å². The van der Waals surface area contributed by atoms with Crippen molar-refractivity contribution in [3.63, 3.8) is 0 Å². The van der Waals surface area contributed by atoms with Gasteiger partial charge in [0.15, 0.2) is 0 Å². The van der Waals surface area contributed by atoms with Gasteiger partial charge in [-0.25, -0.2) is 0 Å². The molecule has 1 heterocycles. The van der Waals surface area contributed by atoms with Gasteiger partial charge in [-0.1, -0.05) is 13.0 Å². The molecule has 0 spiro atoms. The molecule has 3 nitrogen and oxygen atoms in total. The molecule has 1 aromatic carbocycles. The Kier molecular flexibility index (Phi) is 2.17. The maximum Gasteiger partial charge on any atom is 0.124 e. The van der Waals surface area contributed by atoms with E-state index < -0.39 is 0 Å². The Labute approximate surface area is 82.6 Å². The Bertz CT molecular complexity index is 460. The van der Waals surface area contributed by atoms with Gasteiger partial charge in [0.05, 0.1) is 5.52 Å². The number of nitrogens with one attached hydrogen (secondary N) is 1. The van der Waals surface area contributed by atoms with Crippen molar-refractivity contribution in [2.24, 2.45) is 5.73 Å². The maximum absolute atomic E-state index is 9.64. The number of aromatic amines is 1. The van der Waals surface area contributed by atoms with E-state index in [1.807, 2.05) is 12.1 Å². The summed E-state index contributed by atoms with van der Waals surface area (Å²) in [6, 6.07) is 5.58. The molecule has 0 atom stereocenters. The van der Waals surface area contributed by atoms with Crippen LogP contribution in [0.5, 0.6) is 5.75 Å².